The standard InChI is InChI=1S/C14H15BrO3/c15-12-5-6-13(18-9-10-2-1-3-10)11(8-12)4-7-14(16)17/h4-8,10H,1-3,9H2,(H,16,17). The summed E-state index contributed by atoms with van der Waals surface area (Å²) in [4.78, 5) is 10.6. The van der Waals surface area contributed by atoms with Crippen molar-refractivity contribution < 1.29 is 14.6 Å². The van der Waals surface area contributed by atoms with Crippen molar-refractivity contribution in [2.75, 3.05) is 6.61 Å². The molecule has 96 valence electrons. The third-order valence-corrected chi connectivity index (χ3v) is 3.57. The molecule has 4 heteroatoms. The first-order valence-electron chi connectivity index (χ1n) is 5.98. The van der Waals surface area contributed by atoms with Crippen LogP contribution in [0.25, 0.3) is 6.08 Å². The average molecular weight is 311 g/mol. The minimum atomic E-state index is -0.958. The molecule has 1 fully saturated rings. The summed E-state index contributed by atoms with van der Waals surface area (Å²) in [5.41, 5.74) is 0.783. The number of halogens is 1. The van der Waals surface area contributed by atoms with E-state index < -0.39 is 5.97 Å². The first-order chi connectivity index (χ1) is 8.65. The highest BCUT2D eigenvalue weighted by molar-refractivity contribution is 9.10. The normalized spacial score (nSPS) is 15.6. The van der Waals surface area contributed by atoms with Crippen LogP contribution in [0.3, 0.4) is 0 Å². The number of benzene rings is 1. The molecule has 0 heterocycles. The van der Waals surface area contributed by atoms with Gasteiger partial charge in [-0.3, -0.25) is 0 Å². The molecule has 18 heavy (non-hydrogen) atoms. The molecule has 0 amide bonds. The summed E-state index contributed by atoms with van der Waals surface area (Å²) < 4.78 is 6.67. The first-order valence-corrected chi connectivity index (χ1v) is 6.78. The molecule has 0 radical (unpaired) electrons. The van der Waals surface area contributed by atoms with Crippen molar-refractivity contribution >= 4 is 28.0 Å². The zero-order valence-corrected chi connectivity index (χ0v) is 11.5. The maximum Gasteiger partial charge on any atom is 0.328 e. The maximum absolute atomic E-state index is 10.6. The predicted molar refractivity (Wildman–Crippen MR) is 73.6 cm³/mol. The summed E-state index contributed by atoms with van der Waals surface area (Å²) in [6.45, 7) is 0.718. The number of ether oxygens (including phenoxy) is 1. The summed E-state index contributed by atoms with van der Waals surface area (Å²) in [6.07, 6.45) is 6.44. The van der Waals surface area contributed by atoms with Gasteiger partial charge in [0, 0.05) is 16.1 Å². The summed E-state index contributed by atoms with van der Waals surface area (Å²) in [7, 11) is 0. The molecule has 2 rings (SSSR count). The van der Waals surface area contributed by atoms with Gasteiger partial charge < -0.3 is 9.84 Å². The number of carboxylic acid groups (broad SMARTS) is 1. The van der Waals surface area contributed by atoms with E-state index in [0.29, 0.717) is 5.92 Å². The van der Waals surface area contributed by atoms with E-state index in [1.54, 1.807) is 6.08 Å². The van der Waals surface area contributed by atoms with Gasteiger partial charge in [0.15, 0.2) is 0 Å². The first kappa shape index (κ1) is 13.1. The van der Waals surface area contributed by atoms with Gasteiger partial charge in [0.05, 0.1) is 6.61 Å². The van der Waals surface area contributed by atoms with Crippen molar-refractivity contribution in [3.8, 4) is 5.75 Å². The van der Waals surface area contributed by atoms with Crippen LogP contribution < -0.4 is 4.74 Å². The minimum Gasteiger partial charge on any atom is -0.493 e. The van der Waals surface area contributed by atoms with Gasteiger partial charge in [-0.2, -0.15) is 0 Å². The lowest BCUT2D eigenvalue weighted by Crippen LogP contribution is -2.19. The predicted octanol–water partition coefficient (Wildman–Crippen LogP) is 3.73. The number of hydrogen-bond acceptors (Lipinski definition) is 2. The van der Waals surface area contributed by atoms with Crippen molar-refractivity contribution in [2.45, 2.75) is 19.3 Å². The van der Waals surface area contributed by atoms with E-state index in [1.807, 2.05) is 18.2 Å². The van der Waals surface area contributed by atoms with Gasteiger partial charge in [-0.1, -0.05) is 22.4 Å². The highest BCUT2D eigenvalue weighted by Crippen LogP contribution is 2.29. The molecule has 1 aliphatic rings. The molecular formula is C14H15BrO3. The van der Waals surface area contributed by atoms with Gasteiger partial charge >= 0.3 is 5.97 Å². The largest absolute Gasteiger partial charge is 0.493 e. The van der Waals surface area contributed by atoms with Crippen LogP contribution in [-0.2, 0) is 4.79 Å². The molecule has 0 atom stereocenters. The minimum absolute atomic E-state index is 0.657. The Hall–Kier alpha value is -1.29. The van der Waals surface area contributed by atoms with Gasteiger partial charge in [-0.05, 0) is 43.0 Å². The lowest BCUT2D eigenvalue weighted by molar-refractivity contribution is -0.131. The summed E-state index contributed by atoms with van der Waals surface area (Å²) in [6, 6.07) is 5.62. The fourth-order valence-electron chi connectivity index (χ4n) is 1.81. The second-order valence-corrected chi connectivity index (χ2v) is 5.38. The van der Waals surface area contributed by atoms with Crippen LogP contribution in [0.15, 0.2) is 28.7 Å². The monoisotopic (exact) mass is 310 g/mol. The Morgan fingerprint density at radius 3 is 2.89 bits per heavy atom. The molecule has 1 N–H and O–H groups in total. The van der Waals surface area contributed by atoms with Crippen molar-refractivity contribution in [1.29, 1.82) is 0 Å². The molecule has 0 aliphatic heterocycles. The molecule has 0 bridgehead atoms. The lowest BCUT2D eigenvalue weighted by atomic mass is 9.86. The summed E-state index contributed by atoms with van der Waals surface area (Å²) in [5, 5.41) is 8.66. The molecule has 0 unspecified atom stereocenters. The van der Waals surface area contributed by atoms with E-state index in [4.69, 9.17) is 9.84 Å². The lowest BCUT2D eigenvalue weighted by Gasteiger charge is -2.25. The van der Waals surface area contributed by atoms with Crippen LogP contribution in [-0.4, -0.2) is 17.7 Å². The quantitative estimate of drug-likeness (QED) is 0.843. The van der Waals surface area contributed by atoms with E-state index in [-0.39, 0.29) is 0 Å². The fraction of sp³-hybridized carbons (Fsp3) is 0.357. The Balaban J connectivity index is 2.08. The summed E-state index contributed by atoms with van der Waals surface area (Å²) >= 11 is 3.37. The number of carbonyl (C=O) groups is 1. The Kier molecular flexibility index (Phi) is 4.42. The van der Waals surface area contributed by atoms with Crippen LogP contribution >= 0.6 is 15.9 Å². The number of hydrogen-bond donors (Lipinski definition) is 1. The van der Waals surface area contributed by atoms with Crippen molar-refractivity contribution in [3.63, 3.8) is 0 Å². The van der Waals surface area contributed by atoms with E-state index in [2.05, 4.69) is 15.9 Å². The zero-order valence-electron chi connectivity index (χ0n) is 9.93. The Morgan fingerprint density at radius 2 is 2.28 bits per heavy atom. The van der Waals surface area contributed by atoms with Gasteiger partial charge in [-0.15, -0.1) is 0 Å². The molecular weight excluding hydrogens is 296 g/mol. The molecule has 1 aromatic carbocycles. The third kappa shape index (κ3) is 3.60. The highest BCUT2D eigenvalue weighted by Gasteiger charge is 2.18. The van der Waals surface area contributed by atoms with Crippen LogP contribution in [0.1, 0.15) is 24.8 Å². The number of carboxylic acids is 1. The number of rotatable bonds is 5. The van der Waals surface area contributed by atoms with Crippen molar-refractivity contribution in [2.24, 2.45) is 5.92 Å². The SMILES string of the molecule is O=C(O)C=Cc1cc(Br)ccc1OCC1CCC1. The van der Waals surface area contributed by atoms with Gasteiger partial charge in [0.2, 0.25) is 0 Å². The highest BCUT2D eigenvalue weighted by atomic mass is 79.9. The molecule has 1 aromatic rings. The topological polar surface area (TPSA) is 46.5 Å². The van der Waals surface area contributed by atoms with E-state index in [9.17, 15) is 4.79 Å². The van der Waals surface area contributed by atoms with E-state index >= 15 is 0 Å². The Bertz CT molecular complexity index is 464. The van der Waals surface area contributed by atoms with Crippen LogP contribution in [0.5, 0.6) is 5.75 Å². The average Bonchev–Trinajstić information content (AvgIpc) is 2.26. The number of aliphatic carboxylic acids is 1. The van der Waals surface area contributed by atoms with E-state index in [0.717, 1.165) is 28.5 Å². The molecule has 1 aliphatic carbocycles. The Labute approximate surface area is 115 Å². The van der Waals surface area contributed by atoms with Crippen LogP contribution in [0.4, 0.5) is 0 Å². The van der Waals surface area contributed by atoms with E-state index in [1.165, 1.54) is 19.3 Å². The smallest absolute Gasteiger partial charge is 0.328 e. The molecule has 3 nitrogen and oxygen atoms in total. The van der Waals surface area contributed by atoms with Crippen molar-refractivity contribution in [1.82, 2.24) is 0 Å². The molecule has 1 saturated carbocycles. The van der Waals surface area contributed by atoms with Gasteiger partial charge in [0.25, 0.3) is 0 Å². The second-order valence-electron chi connectivity index (χ2n) is 4.46. The van der Waals surface area contributed by atoms with Crippen molar-refractivity contribution in [3.05, 3.63) is 34.3 Å². The van der Waals surface area contributed by atoms with Crippen LogP contribution in [0, 0.1) is 5.92 Å². The zero-order chi connectivity index (χ0) is 13.0. The Morgan fingerprint density at radius 1 is 1.50 bits per heavy atom. The van der Waals surface area contributed by atoms with Gasteiger partial charge in [-0.25, -0.2) is 4.79 Å². The summed E-state index contributed by atoms with van der Waals surface area (Å²) in [5.74, 6) is 0.437. The molecule has 0 saturated heterocycles. The molecule has 0 spiro atoms. The third-order valence-electron chi connectivity index (χ3n) is 3.08. The van der Waals surface area contributed by atoms with Crippen LogP contribution in [0.2, 0.25) is 0 Å². The fourth-order valence-corrected chi connectivity index (χ4v) is 2.19. The van der Waals surface area contributed by atoms with Gasteiger partial charge in [0.1, 0.15) is 5.75 Å². The second kappa shape index (κ2) is 6.05. The maximum atomic E-state index is 10.6. The molecule has 0 aromatic heterocycles.